The molecule has 1 aliphatic carbocycles. The largest absolute Gasteiger partial charge is 0.484 e. The van der Waals surface area contributed by atoms with Gasteiger partial charge in [-0.3, -0.25) is 0 Å². The van der Waals surface area contributed by atoms with Crippen molar-refractivity contribution >= 4 is 15.9 Å². The summed E-state index contributed by atoms with van der Waals surface area (Å²) >= 11 is 3.46. The second kappa shape index (κ2) is 6.20. The van der Waals surface area contributed by atoms with Crippen molar-refractivity contribution < 1.29 is 4.74 Å². The van der Waals surface area contributed by atoms with Gasteiger partial charge in [0.1, 0.15) is 11.9 Å². The molecule has 3 rings (SSSR count). The Bertz CT molecular complexity index is 622. The molecule has 1 aliphatic rings. The Balaban J connectivity index is 1.84. The monoisotopic (exact) mass is 345 g/mol. The van der Waals surface area contributed by atoms with Gasteiger partial charge in [0.05, 0.1) is 0 Å². The highest BCUT2D eigenvalue weighted by molar-refractivity contribution is 9.10. The van der Waals surface area contributed by atoms with Crippen LogP contribution in [0.5, 0.6) is 5.75 Å². The van der Waals surface area contributed by atoms with Gasteiger partial charge in [-0.05, 0) is 67.1 Å². The molecule has 0 fully saturated rings. The van der Waals surface area contributed by atoms with E-state index in [1.165, 1.54) is 24.0 Å². The minimum absolute atomic E-state index is 0.0700. The quantitative estimate of drug-likeness (QED) is 0.890. The minimum atomic E-state index is -0.127. The molecule has 21 heavy (non-hydrogen) atoms. The van der Waals surface area contributed by atoms with E-state index >= 15 is 0 Å². The number of benzene rings is 2. The molecule has 0 saturated carbocycles. The van der Waals surface area contributed by atoms with Crippen LogP contribution >= 0.6 is 15.9 Å². The lowest BCUT2D eigenvalue weighted by atomic mass is 10.0. The Kier molecular flexibility index (Phi) is 4.32. The van der Waals surface area contributed by atoms with Crippen molar-refractivity contribution in [3.05, 3.63) is 63.6 Å². The van der Waals surface area contributed by atoms with Crippen LogP contribution in [-0.4, -0.2) is 6.04 Å². The first-order valence-corrected chi connectivity index (χ1v) is 8.22. The van der Waals surface area contributed by atoms with Gasteiger partial charge in [-0.25, -0.2) is 0 Å². The molecule has 2 nitrogen and oxygen atoms in total. The molecule has 0 saturated heterocycles. The summed E-state index contributed by atoms with van der Waals surface area (Å²) < 4.78 is 7.25. The Morgan fingerprint density at radius 2 is 1.76 bits per heavy atom. The zero-order chi connectivity index (χ0) is 14.8. The molecule has 0 radical (unpaired) electrons. The van der Waals surface area contributed by atoms with Gasteiger partial charge in [0.25, 0.3) is 0 Å². The second-order valence-corrected chi connectivity index (χ2v) is 6.65. The SMILES string of the molecule is CC(N)C(Oc1ccc2c(c1)CCC2)c1ccc(Br)cc1. The molecule has 2 unspecified atom stereocenters. The van der Waals surface area contributed by atoms with Crippen LogP contribution in [0.3, 0.4) is 0 Å². The Hall–Kier alpha value is -1.32. The van der Waals surface area contributed by atoms with Crippen molar-refractivity contribution in [2.75, 3.05) is 0 Å². The standard InChI is InChI=1S/C18H20BrNO/c1-12(20)18(14-5-8-16(19)9-6-14)21-17-10-7-13-3-2-4-15(13)11-17/h5-12,18H,2-4,20H2,1H3. The number of hydrogen-bond acceptors (Lipinski definition) is 2. The van der Waals surface area contributed by atoms with Gasteiger partial charge in [-0.2, -0.15) is 0 Å². The smallest absolute Gasteiger partial charge is 0.138 e. The molecule has 2 N–H and O–H groups in total. The van der Waals surface area contributed by atoms with Crippen molar-refractivity contribution in [3.63, 3.8) is 0 Å². The van der Waals surface area contributed by atoms with E-state index in [-0.39, 0.29) is 12.1 Å². The average molecular weight is 346 g/mol. The first kappa shape index (κ1) is 14.6. The fourth-order valence-corrected chi connectivity index (χ4v) is 3.16. The van der Waals surface area contributed by atoms with E-state index in [9.17, 15) is 0 Å². The molecule has 2 aromatic rings. The van der Waals surface area contributed by atoms with E-state index in [1.807, 2.05) is 19.1 Å². The summed E-state index contributed by atoms with van der Waals surface area (Å²) in [6.07, 6.45) is 3.48. The van der Waals surface area contributed by atoms with Crippen LogP contribution in [0.15, 0.2) is 46.9 Å². The molecular weight excluding hydrogens is 326 g/mol. The summed E-state index contributed by atoms with van der Waals surface area (Å²) in [6, 6.07) is 14.5. The third-order valence-corrected chi connectivity index (χ3v) is 4.54. The van der Waals surface area contributed by atoms with Gasteiger partial charge < -0.3 is 10.5 Å². The van der Waals surface area contributed by atoms with Crippen LogP contribution in [0.4, 0.5) is 0 Å². The summed E-state index contributed by atoms with van der Waals surface area (Å²) in [7, 11) is 0. The Labute approximate surface area is 134 Å². The third-order valence-electron chi connectivity index (χ3n) is 4.01. The number of hydrogen-bond donors (Lipinski definition) is 1. The third kappa shape index (κ3) is 3.30. The number of ether oxygens (including phenoxy) is 1. The average Bonchev–Trinajstić information content (AvgIpc) is 2.93. The highest BCUT2D eigenvalue weighted by Crippen LogP contribution is 2.30. The van der Waals surface area contributed by atoms with Crippen LogP contribution in [0, 0.1) is 0 Å². The number of rotatable bonds is 4. The lowest BCUT2D eigenvalue weighted by Crippen LogP contribution is -2.29. The normalized spacial score (nSPS) is 16.3. The molecule has 3 heteroatoms. The first-order chi connectivity index (χ1) is 10.1. The second-order valence-electron chi connectivity index (χ2n) is 5.73. The van der Waals surface area contributed by atoms with Crippen LogP contribution in [0.2, 0.25) is 0 Å². The summed E-state index contributed by atoms with van der Waals surface area (Å²) in [5.74, 6) is 0.917. The van der Waals surface area contributed by atoms with Crippen molar-refractivity contribution in [3.8, 4) is 5.75 Å². The van der Waals surface area contributed by atoms with E-state index in [4.69, 9.17) is 10.5 Å². The topological polar surface area (TPSA) is 35.2 Å². The summed E-state index contributed by atoms with van der Waals surface area (Å²) in [5.41, 5.74) is 10.1. The number of aryl methyl sites for hydroxylation is 2. The van der Waals surface area contributed by atoms with E-state index in [1.54, 1.807) is 0 Å². The van der Waals surface area contributed by atoms with Gasteiger partial charge in [0.2, 0.25) is 0 Å². The van der Waals surface area contributed by atoms with Crippen molar-refractivity contribution in [1.82, 2.24) is 0 Å². The van der Waals surface area contributed by atoms with E-state index in [0.717, 1.165) is 22.2 Å². The number of halogens is 1. The van der Waals surface area contributed by atoms with Crippen molar-refractivity contribution in [1.29, 1.82) is 0 Å². The number of fused-ring (bicyclic) bond motifs is 1. The first-order valence-electron chi connectivity index (χ1n) is 7.43. The molecule has 0 bridgehead atoms. The molecular formula is C18H20BrNO. The van der Waals surface area contributed by atoms with Crippen molar-refractivity contribution in [2.24, 2.45) is 5.73 Å². The highest BCUT2D eigenvalue weighted by Gasteiger charge is 2.19. The molecule has 110 valence electrons. The summed E-state index contributed by atoms with van der Waals surface area (Å²) in [4.78, 5) is 0. The zero-order valence-corrected chi connectivity index (χ0v) is 13.8. The predicted molar refractivity (Wildman–Crippen MR) is 89.6 cm³/mol. The van der Waals surface area contributed by atoms with Gasteiger partial charge in [-0.1, -0.05) is 34.1 Å². The van der Waals surface area contributed by atoms with E-state index in [2.05, 4.69) is 46.3 Å². The van der Waals surface area contributed by atoms with E-state index < -0.39 is 0 Å². The lowest BCUT2D eigenvalue weighted by molar-refractivity contribution is 0.180. The lowest BCUT2D eigenvalue weighted by Gasteiger charge is -2.23. The van der Waals surface area contributed by atoms with Crippen molar-refractivity contribution in [2.45, 2.75) is 38.3 Å². The van der Waals surface area contributed by atoms with Gasteiger partial charge in [0, 0.05) is 10.5 Å². The number of nitrogens with two attached hydrogens (primary N) is 1. The molecule has 0 amide bonds. The molecule has 0 spiro atoms. The Morgan fingerprint density at radius 3 is 2.48 bits per heavy atom. The summed E-state index contributed by atoms with van der Waals surface area (Å²) in [5, 5.41) is 0. The zero-order valence-electron chi connectivity index (χ0n) is 12.2. The van der Waals surface area contributed by atoms with Gasteiger partial charge >= 0.3 is 0 Å². The molecule has 0 heterocycles. The van der Waals surface area contributed by atoms with Crippen LogP contribution in [0.25, 0.3) is 0 Å². The Morgan fingerprint density at radius 1 is 1.05 bits per heavy atom. The maximum absolute atomic E-state index is 6.19. The van der Waals surface area contributed by atoms with Crippen LogP contribution in [-0.2, 0) is 12.8 Å². The maximum Gasteiger partial charge on any atom is 0.138 e. The molecule has 0 aromatic heterocycles. The molecule has 2 atom stereocenters. The maximum atomic E-state index is 6.19. The van der Waals surface area contributed by atoms with Gasteiger partial charge in [-0.15, -0.1) is 0 Å². The predicted octanol–water partition coefficient (Wildman–Crippen LogP) is 4.41. The van der Waals surface area contributed by atoms with Crippen LogP contribution in [0.1, 0.15) is 36.1 Å². The molecule has 0 aliphatic heterocycles. The fraction of sp³-hybridized carbons (Fsp3) is 0.333. The van der Waals surface area contributed by atoms with Gasteiger partial charge in [0.15, 0.2) is 0 Å². The highest BCUT2D eigenvalue weighted by atomic mass is 79.9. The minimum Gasteiger partial charge on any atom is -0.484 e. The summed E-state index contributed by atoms with van der Waals surface area (Å²) in [6.45, 7) is 1.99. The molecule has 2 aromatic carbocycles. The van der Waals surface area contributed by atoms with Crippen LogP contribution < -0.4 is 10.5 Å². The van der Waals surface area contributed by atoms with E-state index in [0.29, 0.717) is 0 Å². The fourth-order valence-electron chi connectivity index (χ4n) is 2.90.